The van der Waals surface area contributed by atoms with Crippen LogP contribution in [0.15, 0.2) is 6.33 Å². The third-order valence-corrected chi connectivity index (χ3v) is 3.78. The van der Waals surface area contributed by atoms with Gasteiger partial charge in [-0.1, -0.05) is 5.92 Å². The minimum atomic E-state index is -2.04. The number of halogens is 1. The first-order valence-corrected chi connectivity index (χ1v) is 6.60. The molecule has 2 aromatic rings. The standard InChI is InChI=1S/C12H12ClN5O4/c1-2-12(21)5(3-19)22-10(7(12)20)18-4-15-6-8(14)16-11(13)17-9(6)18/h1,4-5,7,10,19-21H,3H2,(H2,14,16,17). The number of rotatable bonds is 2. The summed E-state index contributed by atoms with van der Waals surface area (Å²) in [5.74, 6) is 2.12. The van der Waals surface area contributed by atoms with Crippen LogP contribution in [0.5, 0.6) is 0 Å². The summed E-state index contributed by atoms with van der Waals surface area (Å²) in [6, 6.07) is 0. The van der Waals surface area contributed by atoms with Gasteiger partial charge in [0, 0.05) is 0 Å². The third kappa shape index (κ3) is 1.93. The molecule has 1 fully saturated rings. The summed E-state index contributed by atoms with van der Waals surface area (Å²) >= 11 is 5.77. The van der Waals surface area contributed by atoms with E-state index < -0.39 is 30.6 Å². The number of aromatic nitrogens is 4. The van der Waals surface area contributed by atoms with Crippen LogP contribution in [0.25, 0.3) is 11.2 Å². The van der Waals surface area contributed by atoms with Crippen molar-refractivity contribution in [3.05, 3.63) is 11.6 Å². The summed E-state index contributed by atoms with van der Waals surface area (Å²) in [5, 5.41) is 29.8. The Kier molecular flexibility index (Phi) is 3.43. The van der Waals surface area contributed by atoms with Crippen molar-refractivity contribution in [2.75, 3.05) is 12.3 Å². The average molecular weight is 326 g/mol. The van der Waals surface area contributed by atoms with E-state index in [4.69, 9.17) is 28.5 Å². The highest BCUT2D eigenvalue weighted by Crippen LogP contribution is 2.38. The van der Waals surface area contributed by atoms with E-state index in [0.29, 0.717) is 0 Å². The van der Waals surface area contributed by atoms with Crippen molar-refractivity contribution in [3.8, 4) is 12.3 Å². The van der Waals surface area contributed by atoms with Crippen LogP contribution in [-0.4, -0.2) is 59.3 Å². The van der Waals surface area contributed by atoms with Gasteiger partial charge in [-0.3, -0.25) is 4.57 Å². The van der Waals surface area contributed by atoms with E-state index in [0.717, 1.165) is 0 Å². The molecule has 1 aliphatic heterocycles. The van der Waals surface area contributed by atoms with Crippen LogP contribution in [-0.2, 0) is 4.74 Å². The molecule has 3 rings (SSSR count). The minimum Gasteiger partial charge on any atom is -0.394 e. The number of aliphatic hydroxyl groups is 3. The molecule has 1 saturated heterocycles. The average Bonchev–Trinajstić information content (AvgIpc) is 3.00. The zero-order chi connectivity index (χ0) is 16.1. The van der Waals surface area contributed by atoms with Crippen LogP contribution >= 0.6 is 11.6 Å². The second-order valence-corrected chi connectivity index (χ2v) is 5.15. The number of imidazole rings is 1. The Morgan fingerprint density at radius 1 is 1.55 bits per heavy atom. The lowest BCUT2D eigenvalue weighted by molar-refractivity contribution is -0.0605. The van der Waals surface area contributed by atoms with Crippen LogP contribution in [0.4, 0.5) is 5.82 Å². The van der Waals surface area contributed by atoms with Gasteiger partial charge in [0.1, 0.15) is 17.7 Å². The first-order chi connectivity index (χ1) is 10.4. The molecule has 22 heavy (non-hydrogen) atoms. The molecule has 0 amide bonds. The SMILES string of the molecule is C#CC1(O)C(CO)OC(n2cnc3c(N)nc(Cl)nc32)C1O. The summed E-state index contributed by atoms with van der Waals surface area (Å²) in [6.07, 6.45) is 2.77. The van der Waals surface area contributed by atoms with Crippen molar-refractivity contribution in [3.63, 3.8) is 0 Å². The Balaban J connectivity index is 2.11. The fourth-order valence-corrected chi connectivity index (χ4v) is 2.60. The van der Waals surface area contributed by atoms with Crippen LogP contribution in [0.1, 0.15) is 6.23 Å². The fraction of sp³-hybridized carbons (Fsp3) is 0.417. The Morgan fingerprint density at radius 3 is 2.86 bits per heavy atom. The Hall–Kier alpha value is -1.96. The molecule has 10 heteroatoms. The molecule has 0 bridgehead atoms. The van der Waals surface area contributed by atoms with Gasteiger partial charge in [0.05, 0.1) is 12.9 Å². The van der Waals surface area contributed by atoms with Gasteiger partial charge in [0.25, 0.3) is 0 Å². The first kappa shape index (κ1) is 15.0. The quantitative estimate of drug-likeness (QED) is 0.393. The van der Waals surface area contributed by atoms with Crippen molar-refractivity contribution in [2.24, 2.45) is 0 Å². The fourth-order valence-electron chi connectivity index (χ4n) is 2.43. The topological polar surface area (TPSA) is 140 Å². The summed E-state index contributed by atoms with van der Waals surface area (Å²) in [7, 11) is 0. The van der Waals surface area contributed by atoms with Gasteiger partial charge in [-0.15, -0.1) is 6.42 Å². The van der Waals surface area contributed by atoms with E-state index in [1.807, 2.05) is 0 Å². The smallest absolute Gasteiger partial charge is 0.226 e. The lowest BCUT2D eigenvalue weighted by Crippen LogP contribution is -2.47. The minimum absolute atomic E-state index is 0.0622. The Labute approximate surface area is 129 Å². The number of hydrogen-bond acceptors (Lipinski definition) is 8. The molecule has 2 aromatic heterocycles. The van der Waals surface area contributed by atoms with Gasteiger partial charge in [0.2, 0.25) is 5.28 Å². The van der Waals surface area contributed by atoms with Crippen molar-refractivity contribution in [2.45, 2.75) is 24.0 Å². The zero-order valence-electron chi connectivity index (χ0n) is 11.1. The molecule has 4 atom stereocenters. The van der Waals surface area contributed by atoms with Crippen LogP contribution < -0.4 is 5.73 Å². The predicted octanol–water partition coefficient (Wildman–Crippen LogP) is -1.32. The van der Waals surface area contributed by atoms with Gasteiger partial charge in [0.15, 0.2) is 23.3 Å². The lowest BCUT2D eigenvalue weighted by Gasteiger charge is -2.23. The van der Waals surface area contributed by atoms with E-state index in [-0.39, 0.29) is 22.3 Å². The summed E-state index contributed by atoms with van der Waals surface area (Å²) < 4.78 is 6.77. The molecule has 3 heterocycles. The summed E-state index contributed by atoms with van der Waals surface area (Å²) in [6.45, 7) is -0.571. The number of aliphatic hydroxyl groups excluding tert-OH is 2. The van der Waals surface area contributed by atoms with Gasteiger partial charge in [-0.25, -0.2) is 4.98 Å². The van der Waals surface area contributed by atoms with E-state index in [1.165, 1.54) is 10.9 Å². The molecule has 116 valence electrons. The molecule has 9 nitrogen and oxygen atoms in total. The number of anilines is 1. The molecular formula is C12H12ClN5O4. The number of hydrogen-bond donors (Lipinski definition) is 4. The van der Waals surface area contributed by atoms with Gasteiger partial charge < -0.3 is 25.8 Å². The predicted molar refractivity (Wildman–Crippen MR) is 75.5 cm³/mol. The number of nitrogen functional groups attached to an aromatic ring is 1. The Morgan fingerprint density at radius 2 is 2.27 bits per heavy atom. The van der Waals surface area contributed by atoms with E-state index in [9.17, 15) is 15.3 Å². The molecule has 0 aromatic carbocycles. The molecular weight excluding hydrogens is 314 g/mol. The first-order valence-electron chi connectivity index (χ1n) is 6.22. The maximum Gasteiger partial charge on any atom is 0.226 e. The summed E-state index contributed by atoms with van der Waals surface area (Å²) in [5.41, 5.74) is 4.13. The van der Waals surface area contributed by atoms with Gasteiger partial charge in [-0.05, 0) is 11.6 Å². The number of fused-ring (bicyclic) bond motifs is 1. The van der Waals surface area contributed by atoms with Crippen molar-refractivity contribution < 1.29 is 20.1 Å². The number of nitrogens with zero attached hydrogens (tertiary/aromatic N) is 4. The number of nitrogens with two attached hydrogens (primary N) is 1. The Bertz CT molecular complexity index is 775. The number of ether oxygens (including phenoxy) is 1. The second kappa shape index (κ2) is 5.05. The monoisotopic (exact) mass is 325 g/mol. The van der Waals surface area contributed by atoms with Gasteiger partial charge in [-0.2, -0.15) is 9.97 Å². The largest absolute Gasteiger partial charge is 0.394 e. The van der Waals surface area contributed by atoms with Crippen LogP contribution in [0.3, 0.4) is 0 Å². The highest BCUT2D eigenvalue weighted by molar-refractivity contribution is 6.28. The highest BCUT2D eigenvalue weighted by atomic mass is 35.5. The van der Waals surface area contributed by atoms with Crippen LogP contribution in [0.2, 0.25) is 5.28 Å². The maximum atomic E-state index is 10.3. The molecule has 5 N–H and O–H groups in total. The molecule has 0 radical (unpaired) electrons. The maximum absolute atomic E-state index is 10.3. The molecule has 0 spiro atoms. The molecule has 0 aliphatic carbocycles. The summed E-state index contributed by atoms with van der Waals surface area (Å²) in [4.78, 5) is 11.8. The van der Waals surface area contributed by atoms with Gasteiger partial charge >= 0.3 is 0 Å². The molecule has 1 aliphatic rings. The third-order valence-electron chi connectivity index (χ3n) is 3.61. The highest BCUT2D eigenvalue weighted by Gasteiger charge is 2.55. The van der Waals surface area contributed by atoms with Crippen LogP contribution in [0, 0.1) is 12.3 Å². The molecule has 4 unspecified atom stereocenters. The second-order valence-electron chi connectivity index (χ2n) is 4.81. The van der Waals surface area contributed by atoms with E-state index in [1.54, 1.807) is 0 Å². The zero-order valence-corrected chi connectivity index (χ0v) is 11.8. The van der Waals surface area contributed by atoms with Crippen molar-refractivity contribution in [1.82, 2.24) is 19.5 Å². The normalized spacial score (nSPS) is 31.5. The lowest BCUT2D eigenvalue weighted by atomic mass is 9.93. The van der Waals surface area contributed by atoms with E-state index >= 15 is 0 Å². The molecule has 0 saturated carbocycles. The van der Waals surface area contributed by atoms with E-state index in [2.05, 4.69) is 20.9 Å². The number of terminal acetylenes is 1. The van der Waals surface area contributed by atoms with Crippen molar-refractivity contribution >= 4 is 28.6 Å². The van der Waals surface area contributed by atoms with Crippen molar-refractivity contribution in [1.29, 1.82) is 0 Å².